The first kappa shape index (κ1) is 12.2. The van der Waals surface area contributed by atoms with Gasteiger partial charge < -0.3 is 14.2 Å². The van der Waals surface area contributed by atoms with E-state index in [1.807, 2.05) is 6.07 Å². The number of hydrogen-bond acceptors (Lipinski definition) is 2. The van der Waals surface area contributed by atoms with Crippen molar-refractivity contribution in [3.05, 3.63) is 47.8 Å². The highest BCUT2D eigenvalue weighted by Crippen LogP contribution is 2.36. The molecule has 0 bridgehead atoms. The molecule has 0 saturated carbocycles. The molecule has 19 heavy (non-hydrogen) atoms. The minimum Gasteiger partial charge on any atom is -0.493 e. The predicted molar refractivity (Wildman–Crippen MR) is 78.2 cm³/mol. The number of anilines is 1. The van der Waals surface area contributed by atoms with Crippen molar-refractivity contribution in [3.63, 3.8) is 0 Å². The zero-order valence-corrected chi connectivity index (χ0v) is 11.8. The van der Waals surface area contributed by atoms with Crippen LogP contribution in [0.2, 0.25) is 0 Å². The number of hydrogen-bond donors (Lipinski definition) is 0. The smallest absolute Gasteiger partial charge is 0.124 e. The van der Waals surface area contributed by atoms with Crippen molar-refractivity contribution in [2.75, 3.05) is 25.6 Å². The molecule has 1 atom stereocenters. The fraction of sp³-hybridized carbons (Fsp3) is 0.375. The van der Waals surface area contributed by atoms with Crippen molar-refractivity contribution in [1.82, 2.24) is 4.57 Å². The lowest BCUT2D eigenvalue weighted by molar-refractivity contribution is 0.255. The summed E-state index contributed by atoms with van der Waals surface area (Å²) in [6, 6.07) is 11.0. The lowest BCUT2D eigenvalue weighted by Crippen LogP contribution is -2.20. The van der Waals surface area contributed by atoms with Gasteiger partial charge in [0.25, 0.3) is 0 Å². The Hall–Kier alpha value is -1.90. The minimum atomic E-state index is 0.388. The molecule has 0 radical (unpaired) electrons. The van der Waals surface area contributed by atoms with E-state index in [1.54, 1.807) is 0 Å². The van der Waals surface area contributed by atoms with E-state index < -0.39 is 0 Å². The van der Waals surface area contributed by atoms with Crippen molar-refractivity contribution in [3.8, 4) is 5.75 Å². The van der Waals surface area contributed by atoms with Gasteiger partial charge in [0.05, 0.1) is 18.3 Å². The van der Waals surface area contributed by atoms with Gasteiger partial charge in [-0.2, -0.15) is 0 Å². The number of aryl methyl sites for hydroxylation is 1. The molecule has 0 aliphatic carbocycles. The second-order valence-corrected chi connectivity index (χ2v) is 5.33. The fourth-order valence-electron chi connectivity index (χ4n) is 2.76. The molecule has 1 aromatic heterocycles. The van der Waals surface area contributed by atoms with E-state index in [1.165, 1.54) is 16.9 Å². The van der Waals surface area contributed by atoms with Crippen LogP contribution in [0.4, 0.5) is 5.69 Å². The van der Waals surface area contributed by atoms with E-state index in [0.29, 0.717) is 6.04 Å². The maximum absolute atomic E-state index is 5.75. The summed E-state index contributed by atoms with van der Waals surface area (Å²) in [4.78, 5) is 2.15. The van der Waals surface area contributed by atoms with Gasteiger partial charge in [-0.1, -0.05) is 18.2 Å². The third-order valence-corrected chi connectivity index (χ3v) is 3.81. The van der Waals surface area contributed by atoms with E-state index in [0.717, 1.165) is 18.8 Å². The molecule has 3 nitrogen and oxygen atoms in total. The summed E-state index contributed by atoms with van der Waals surface area (Å²) in [5.74, 6) is 1.03. The SMILES string of the molecule is Cc1cc(N(C)C)cn1C1CCOc2ccccc21. The lowest BCUT2D eigenvalue weighted by atomic mass is 10.0. The van der Waals surface area contributed by atoms with E-state index in [4.69, 9.17) is 4.74 Å². The second-order valence-electron chi connectivity index (χ2n) is 5.33. The summed E-state index contributed by atoms with van der Waals surface area (Å²) >= 11 is 0. The molecule has 1 aliphatic heterocycles. The van der Waals surface area contributed by atoms with Crippen LogP contribution < -0.4 is 9.64 Å². The second kappa shape index (κ2) is 4.65. The van der Waals surface area contributed by atoms with Crippen LogP contribution in [0.15, 0.2) is 36.5 Å². The molecule has 0 fully saturated rings. The number of fused-ring (bicyclic) bond motifs is 1. The molecule has 3 heteroatoms. The van der Waals surface area contributed by atoms with E-state index in [2.05, 4.69) is 60.9 Å². The van der Waals surface area contributed by atoms with Crippen LogP contribution >= 0.6 is 0 Å². The third kappa shape index (κ3) is 2.09. The van der Waals surface area contributed by atoms with Crippen LogP contribution in [-0.4, -0.2) is 25.3 Å². The van der Waals surface area contributed by atoms with Gasteiger partial charge in [0.15, 0.2) is 0 Å². The van der Waals surface area contributed by atoms with Gasteiger partial charge in [-0.15, -0.1) is 0 Å². The number of para-hydroxylation sites is 1. The summed E-state index contributed by atoms with van der Waals surface area (Å²) in [5.41, 5.74) is 3.84. The number of nitrogens with zero attached hydrogens (tertiary/aromatic N) is 2. The Morgan fingerprint density at radius 3 is 2.79 bits per heavy atom. The van der Waals surface area contributed by atoms with Crippen LogP contribution in [-0.2, 0) is 0 Å². The lowest BCUT2D eigenvalue weighted by Gasteiger charge is -2.28. The summed E-state index contributed by atoms with van der Waals surface area (Å²) in [6.45, 7) is 2.96. The summed E-state index contributed by atoms with van der Waals surface area (Å²) in [7, 11) is 4.16. The monoisotopic (exact) mass is 256 g/mol. The highest BCUT2D eigenvalue weighted by molar-refractivity contribution is 5.47. The average molecular weight is 256 g/mol. The molecular formula is C16H20N2O. The molecule has 1 unspecified atom stereocenters. The molecule has 2 aromatic rings. The van der Waals surface area contributed by atoms with Crippen molar-refractivity contribution >= 4 is 5.69 Å². The van der Waals surface area contributed by atoms with Crippen LogP contribution in [0.3, 0.4) is 0 Å². The zero-order chi connectivity index (χ0) is 13.4. The van der Waals surface area contributed by atoms with Crippen molar-refractivity contribution in [2.24, 2.45) is 0 Å². The Morgan fingerprint density at radius 2 is 2.05 bits per heavy atom. The summed E-state index contributed by atoms with van der Waals surface area (Å²) < 4.78 is 8.12. The number of aromatic nitrogens is 1. The minimum absolute atomic E-state index is 0.388. The molecule has 2 heterocycles. The molecule has 1 aromatic carbocycles. The molecule has 1 aliphatic rings. The summed E-state index contributed by atoms with van der Waals surface area (Å²) in [6.07, 6.45) is 3.27. The predicted octanol–water partition coefficient (Wildman–Crippen LogP) is 3.23. The topological polar surface area (TPSA) is 17.4 Å². The largest absolute Gasteiger partial charge is 0.493 e. The van der Waals surface area contributed by atoms with E-state index in [-0.39, 0.29) is 0 Å². The van der Waals surface area contributed by atoms with Gasteiger partial charge in [-0.25, -0.2) is 0 Å². The first-order valence-electron chi connectivity index (χ1n) is 6.74. The number of ether oxygens (including phenoxy) is 1. The Labute approximate surface area is 114 Å². The van der Waals surface area contributed by atoms with Gasteiger partial charge in [0.1, 0.15) is 5.75 Å². The maximum atomic E-state index is 5.75. The van der Waals surface area contributed by atoms with Gasteiger partial charge in [-0.3, -0.25) is 0 Å². The standard InChI is InChI=1S/C16H20N2O/c1-12-10-13(17(2)3)11-18(12)15-8-9-19-16-7-5-4-6-14(15)16/h4-7,10-11,15H,8-9H2,1-3H3. The van der Waals surface area contributed by atoms with Crippen LogP contribution in [0.25, 0.3) is 0 Å². The molecule has 0 amide bonds. The van der Waals surface area contributed by atoms with Gasteiger partial charge in [0, 0.05) is 38.0 Å². The number of rotatable bonds is 2. The number of benzene rings is 1. The molecule has 100 valence electrons. The maximum Gasteiger partial charge on any atom is 0.124 e. The van der Waals surface area contributed by atoms with Gasteiger partial charge in [-0.05, 0) is 19.1 Å². The Kier molecular flexibility index (Phi) is 2.97. The van der Waals surface area contributed by atoms with E-state index in [9.17, 15) is 0 Å². The Balaban J connectivity index is 2.04. The van der Waals surface area contributed by atoms with Crippen LogP contribution in [0, 0.1) is 6.92 Å². The molecular weight excluding hydrogens is 236 g/mol. The van der Waals surface area contributed by atoms with Crippen molar-refractivity contribution in [1.29, 1.82) is 0 Å². The molecule has 0 saturated heterocycles. The first-order valence-corrected chi connectivity index (χ1v) is 6.74. The van der Waals surface area contributed by atoms with Crippen molar-refractivity contribution in [2.45, 2.75) is 19.4 Å². The normalized spacial score (nSPS) is 17.7. The average Bonchev–Trinajstić information content (AvgIpc) is 2.80. The van der Waals surface area contributed by atoms with Gasteiger partial charge >= 0.3 is 0 Å². The van der Waals surface area contributed by atoms with Crippen molar-refractivity contribution < 1.29 is 4.74 Å². The molecule has 0 N–H and O–H groups in total. The molecule has 0 spiro atoms. The first-order chi connectivity index (χ1) is 9.16. The van der Waals surface area contributed by atoms with E-state index >= 15 is 0 Å². The highest BCUT2D eigenvalue weighted by atomic mass is 16.5. The fourth-order valence-corrected chi connectivity index (χ4v) is 2.76. The summed E-state index contributed by atoms with van der Waals surface area (Å²) in [5, 5.41) is 0. The Morgan fingerprint density at radius 1 is 1.26 bits per heavy atom. The Bertz CT molecular complexity index is 586. The van der Waals surface area contributed by atoms with Gasteiger partial charge in [0.2, 0.25) is 0 Å². The molecule has 3 rings (SSSR count). The zero-order valence-electron chi connectivity index (χ0n) is 11.8. The third-order valence-electron chi connectivity index (χ3n) is 3.81. The van der Waals surface area contributed by atoms with Crippen LogP contribution in [0.1, 0.15) is 23.7 Å². The highest BCUT2D eigenvalue weighted by Gasteiger charge is 2.23. The van der Waals surface area contributed by atoms with Crippen LogP contribution in [0.5, 0.6) is 5.75 Å². The quantitative estimate of drug-likeness (QED) is 0.820.